The highest BCUT2D eigenvalue weighted by Crippen LogP contribution is 2.35. The largest absolute Gasteiger partial charge is 0.289 e. The SMILES string of the molecule is O=C(Cl)c1ccccc1.O=C(c1ccccc1)c1ccc2sc3ccccc3c2c1.c1ccc2c(c1)sc1ccccc12. The summed E-state index contributed by atoms with van der Waals surface area (Å²) >= 11 is 8.79. The zero-order valence-electron chi connectivity index (χ0n) is 22.9. The smallest absolute Gasteiger partial charge is 0.252 e. The molecule has 43 heavy (non-hydrogen) atoms. The fraction of sp³-hybridized carbons (Fsp3) is 0. The summed E-state index contributed by atoms with van der Waals surface area (Å²) in [5.41, 5.74) is 2.02. The van der Waals surface area contributed by atoms with E-state index in [0.717, 1.165) is 16.5 Å². The Balaban J connectivity index is 0.000000127. The molecule has 0 amide bonds. The maximum atomic E-state index is 12.6. The number of hydrogen-bond acceptors (Lipinski definition) is 4. The Hall–Kier alpha value is -4.61. The average Bonchev–Trinajstić information content (AvgIpc) is 3.64. The van der Waals surface area contributed by atoms with Gasteiger partial charge in [-0.3, -0.25) is 9.59 Å². The predicted molar refractivity (Wildman–Crippen MR) is 185 cm³/mol. The number of ketones is 1. The molecule has 0 spiro atoms. The minimum Gasteiger partial charge on any atom is -0.289 e. The van der Waals surface area contributed by atoms with E-state index >= 15 is 0 Å². The molecule has 8 rings (SSSR count). The van der Waals surface area contributed by atoms with Crippen LogP contribution in [0.15, 0.2) is 152 Å². The van der Waals surface area contributed by atoms with E-state index in [1.807, 2.05) is 72.0 Å². The van der Waals surface area contributed by atoms with Gasteiger partial charge in [-0.05, 0) is 48.0 Å². The molecule has 0 unspecified atom stereocenters. The molecule has 2 aromatic heterocycles. The topological polar surface area (TPSA) is 34.1 Å². The number of halogens is 1. The molecule has 0 fully saturated rings. The maximum Gasteiger partial charge on any atom is 0.252 e. The van der Waals surface area contributed by atoms with Gasteiger partial charge in [-0.25, -0.2) is 0 Å². The highest BCUT2D eigenvalue weighted by Gasteiger charge is 2.11. The lowest BCUT2D eigenvalue weighted by Gasteiger charge is -2.01. The number of rotatable bonds is 3. The van der Waals surface area contributed by atoms with E-state index in [2.05, 4.69) is 66.7 Å². The van der Waals surface area contributed by atoms with Crippen LogP contribution in [0.25, 0.3) is 40.3 Å². The van der Waals surface area contributed by atoms with Crippen molar-refractivity contribution < 1.29 is 9.59 Å². The van der Waals surface area contributed by atoms with Crippen LogP contribution in [0, 0.1) is 0 Å². The Kier molecular flexibility index (Phi) is 8.71. The summed E-state index contributed by atoms with van der Waals surface area (Å²) in [7, 11) is 0. The highest BCUT2D eigenvalue weighted by molar-refractivity contribution is 7.26. The van der Waals surface area contributed by atoms with Gasteiger partial charge in [-0.2, -0.15) is 0 Å². The van der Waals surface area contributed by atoms with Crippen LogP contribution in [-0.2, 0) is 0 Å². The molecular weight excluding hydrogens is 588 g/mol. The molecule has 0 bridgehead atoms. The van der Waals surface area contributed by atoms with Crippen molar-refractivity contribution in [1.29, 1.82) is 0 Å². The van der Waals surface area contributed by atoms with Gasteiger partial charge < -0.3 is 0 Å². The molecule has 6 aromatic carbocycles. The lowest BCUT2D eigenvalue weighted by Crippen LogP contribution is -2.00. The Labute approximate surface area is 262 Å². The van der Waals surface area contributed by atoms with Crippen LogP contribution in [-0.4, -0.2) is 11.0 Å². The van der Waals surface area contributed by atoms with Crippen molar-refractivity contribution in [2.45, 2.75) is 0 Å². The monoisotopic (exact) mass is 612 g/mol. The molecule has 0 saturated carbocycles. The van der Waals surface area contributed by atoms with E-state index in [1.54, 1.807) is 35.6 Å². The van der Waals surface area contributed by atoms with E-state index in [9.17, 15) is 9.59 Å². The second-order valence-electron chi connectivity index (χ2n) is 9.74. The van der Waals surface area contributed by atoms with Crippen LogP contribution in [0.4, 0.5) is 0 Å². The Morgan fingerprint density at radius 1 is 0.395 bits per heavy atom. The van der Waals surface area contributed by atoms with Gasteiger partial charge in [0.25, 0.3) is 5.24 Å². The van der Waals surface area contributed by atoms with E-state index in [1.165, 1.54) is 35.0 Å². The fourth-order valence-corrected chi connectivity index (χ4v) is 7.19. The second-order valence-corrected chi connectivity index (χ2v) is 12.2. The summed E-state index contributed by atoms with van der Waals surface area (Å²) in [6.07, 6.45) is 0. The third-order valence-electron chi connectivity index (χ3n) is 6.96. The lowest BCUT2D eigenvalue weighted by molar-refractivity contribution is 0.103. The summed E-state index contributed by atoms with van der Waals surface area (Å²) in [5.74, 6) is 0.0766. The minimum absolute atomic E-state index is 0.0766. The maximum absolute atomic E-state index is 12.6. The van der Waals surface area contributed by atoms with Gasteiger partial charge in [-0.1, -0.05) is 115 Å². The third-order valence-corrected chi connectivity index (χ3v) is 9.48. The Morgan fingerprint density at radius 2 is 0.791 bits per heavy atom. The van der Waals surface area contributed by atoms with Crippen molar-refractivity contribution >= 4 is 85.6 Å². The van der Waals surface area contributed by atoms with E-state index in [4.69, 9.17) is 11.6 Å². The standard InChI is InChI=1S/C19H12OS.C12H8S.C7H5ClO/c20-19(13-6-2-1-3-7-13)14-10-11-18-16(12-14)15-8-4-5-9-17(15)21-18;1-3-7-11-9(5-1)10-6-2-4-8-12(10)13-11;8-7(9)6-4-2-1-3-5-6/h1-12H;1-8H;1-5H. The third kappa shape index (κ3) is 6.42. The molecule has 208 valence electrons. The zero-order chi connectivity index (χ0) is 29.6. The van der Waals surface area contributed by atoms with Crippen molar-refractivity contribution in [3.63, 3.8) is 0 Å². The Morgan fingerprint density at radius 3 is 1.26 bits per heavy atom. The number of carbonyl (C=O) groups is 2. The van der Waals surface area contributed by atoms with Crippen LogP contribution in [0.1, 0.15) is 26.3 Å². The van der Waals surface area contributed by atoms with Gasteiger partial charge in [0.1, 0.15) is 0 Å². The van der Waals surface area contributed by atoms with Gasteiger partial charge >= 0.3 is 0 Å². The average molecular weight is 613 g/mol. The van der Waals surface area contributed by atoms with Crippen molar-refractivity contribution in [3.05, 3.63) is 168 Å². The van der Waals surface area contributed by atoms with Crippen LogP contribution in [0.3, 0.4) is 0 Å². The van der Waals surface area contributed by atoms with E-state index in [-0.39, 0.29) is 5.78 Å². The summed E-state index contributed by atoms with van der Waals surface area (Å²) in [5, 5.41) is 4.74. The molecule has 8 aromatic rings. The van der Waals surface area contributed by atoms with Gasteiger partial charge in [0.15, 0.2) is 5.78 Å². The van der Waals surface area contributed by atoms with Crippen molar-refractivity contribution in [2.75, 3.05) is 0 Å². The van der Waals surface area contributed by atoms with Crippen molar-refractivity contribution in [1.82, 2.24) is 0 Å². The first-order valence-corrected chi connectivity index (χ1v) is 15.7. The molecule has 0 saturated heterocycles. The molecular formula is C38H25ClO2S2. The number of hydrogen-bond donors (Lipinski definition) is 0. The van der Waals surface area contributed by atoms with Gasteiger partial charge in [0.2, 0.25) is 0 Å². The number of thiophene rings is 2. The van der Waals surface area contributed by atoms with Crippen molar-refractivity contribution in [3.8, 4) is 0 Å². The second kappa shape index (κ2) is 13.1. The molecule has 0 atom stereocenters. The van der Waals surface area contributed by atoms with Gasteiger partial charge in [0.05, 0.1) is 0 Å². The molecule has 0 aliphatic rings. The fourth-order valence-electron chi connectivity index (χ4n) is 4.87. The summed E-state index contributed by atoms with van der Waals surface area (Å²) in [4.78, 5) is 23.0. The first kappa shape index (κ1) is 28.5. The summed E-state index contributed by atoms with van der Waals surface area (Å²) in [6, 6.07) is 49.6. The predicted octanol–water partition coefficient (Wildman–Crippen LogP) is 11.4. The summed E-state index contributed by atoms with van der Waals surface area (Å²) < 4.78 is 5.24. The number of benzene rings is 6. The molecule has 0 radical (unpaired) electrons. The first-order chi connectivity index (χ1) is 21.1. The van der Waals surface area contributed by atoms with Gasteiger partial charge in [0, 0.05) is 57.0 Å². The van der Waals surface area contributed by atoms with Crippen LogP contribution >= 0.6 is 34.3 Å². The molecule has 0 aliphatic carbocycles. The molecule has 5 heteroatoms. The van der Waals surface area contributed by atoms with E-state index in [0.29, 0.717) is 5.56 Å². The zero-order valence-corrected chi connectivity index (χ0v) is 25.3. The summed E-state index contributed by atoms with van der Waals surface area (Å²) in [6.45, 7) is 0. The minimum atomic E-state index is -0.407. The Bertz CT molecular complexity index is 2130. The molecule has 2 nitrogen and oxygen atoms in total. The van der Waals surface area contributed by atoms with Crippen LogP contribution in [0.5, 0.6) is 0 Å². The van der Waals surface area contributed by atoms with Crippen LogP contribution in [0.2, 0.25) is 0 Å². The molecule has 2 heterocycles. The normalized spacial score (nSPS) is 10.6. The number of carbonyl (C=O) groups excluding carboxylic acids is 2. The van der Waals surface area contributed by atoms with E-state index < -0.39 is 5.24 Å². The van der Waals surface area contributed by atoms with Crippen molar-refractivity contribution in [2.24, 2.45) is 0 Å². The lowest BCUT2D eigenvalue weighted by atomic mass is 10.0. The molecule has 0 N–H and O–H groups in total. The van der Waals surface area contributed by atoms with Crippen LogP contribution < -0.4 is 0 Å². The highest BCUT2D eigenvalue weighted by atomic mass is 35.5. The quantitative estimate of drug-likeness (QED) is 0.147. The first-order valence-electron chi connectivity index (χ1n) is 13.7. The van der Waals surface area contributed by atoms with Gasteiger partial charge in [-0.15, -0.1) is 22.7 Å². The molecule has 0 aliphatic heterocycles. The number of fused-ring (bicyclic) bond motifs is 6.